The minimum absolute atomic E-state index is 0.202. The molecule has 1 aromatic heterocycles. The molecule has 0 aliphatic heterocycles. The highest BCUT2D eigenvalue weighted by molar-refractivity contribution is 5.73. The summed E-state index contributed by atoms with van der Waals surface area (Å²) in [6, 6.07) is 4.01. The lowest BCUT2D eigenvalue weighted by Gasteiger charge is -1.99. The van der Waals surface area contributed by atoms with E-state index in [1.807, 2.05) is 12.3 Å². The first-order chi connectivity index (χ1) is 6.79. The highest BCUT2D eigenvalue weighted by atomic mass is 16.1. The maximum atomic E-state index is 10.4. The SMILES string of the molecule is NC(=O)CCCCCc1cccnc1. The first-order valence-corrected chi connectivity index (χ1v) is 4.96. The van der Waals surface area contributed by atoms with Gasteiger partial charge in [0.05, 0.1) is 0 Å². The van der Waals surface area contributed by atoms with Crippen molar-refractivity contribution >= 4 is 5.91 Å². The number of nitrogens with zero attached hydrogens (tertiary/aromatic N) is 1. The van der Waals surface area contributed by atoms with Gasteiger partial charge in [-0.1, -0.05) is 12.5 Å². The van der Waals surface area contributed by atoms with Gasteiger partial charge in [-0.3, -0.25) is 9.78 Å². The Kier molecular flexibility index (Phi) is 4.69. The fourth-order valence-corrected chi connectivity index (χ4v) is 1.35. The lowest BCUT2D eigenvalue weighted by atomic mass is 10.1. The van der Waals surface area contributed by atoms with Gasteiger partial charge >= 0.3 is 0 Å². The Morgan fingerprint density at radius 1 is 1.36 bits per heavy atom. The van der Waals surface area contributed by atoms with E-state index < -0.39 is 0 Å². The van der Waals surface area contributed by atoms with Crippen molar-refractivity contribution in [2.45, 2.75) is 32.1 Å². The van der Waals surface area contributed by atoms with Crippen LogP contribution in [0.3, 0.4) is 0 Å². The molecule has 0 saturated heterocycles. The second-order valence-electron chi connectivity index (χ2n) is 3.39. The lowest BCUT2D eigenvalue weighted by Crippen LogP contribution is -2.09. The zero-order valence-electron chi connectivity index (χ0n) is 8.28. The number of aromatic nitrogens is 1. The summed E-state index contributed by atoms with van der Waals surface area (Å²) in [6.07, 6.45) is 8.25. The number of primary amides is 1. The van der Waals surface area contributed by atoms with Gasteiger partial charge in [-0.2, -0.15) is 0 Å². The Morgan fingerprint density at radius 3 is 2.86 bits per heavy atom. The van der Waals surface area contributed by atoms with Crippen LogP contribution in [-0.4, -0.2) is 10.9 Å². The number of unbranched alkanes of at least 4 members (excludes halogenated alkanes) is 2. The fraction of sp³-hybridized carbons (Fsp3) is 0.455. The summed E-state index contributed by atoms with van der Waals surface area (Å²) in [7, 11) is 0. The number of aryl methyl sites for hydroxylation is 1. The van der Waals surface area contributed by atoms with Crippen LogP contribution in [-0.2, 0) is 11.2 Å². The number of hydrogen-bond acceptors (Lipinski definition) is 2. The van der Waals surface area contributed by atoms with Crippen molar-refractivity contribution in [2.24, 2.45) is 5.73 Å². The van der Waals surface area contributed by atoms with Crippen molar-refractivity contribution in [3.8, 4) is 0 Å². The number of amides is 1. The molecule has 14 heavy (non-hydrogen) atoms. The highest BCUT2D eigenvalue weighted by Gasteiger charge is 1.95. The maximum Gasteiger partial charge on any atom is 0.217 e. The molecular weight excluding hydrogens is 176 g/mol. The molecule has 0 fully saturated rings. The second kappa shape index (κ2) is 6.13. The number of carbonyl (C=O) groups excluding carboxylic acids is 1. The van der Waals surface area contributed by atoms with Gasteiger partial charge in [0.15, 0.2) is 0 Å². The summed E-state index contributed by atoms with van der Waals surface area (Å²) in [5, 5.41) is 0. The third-order valence-corrected chi connectivity index (χ3v) is 2.11. The van der Waals surface area contributed by atoms with Crippen molar-refractivity contribution in [1.82, 2.24) is 4.98 Å². The van der Waals surface area contributed by atoms with Crippen LogP contribution in [0.2, 0.25) is 0 Å². The first-order valence-electron chi connectivity index (χ1n) is 4.96. The van der Waals surface area contributed by atoms with Gasteiger partial charge in [0.2, 0.25) is 5.91 Å². The van der Waals surface area contributed by atoms with E-state index in [9.17, 15) is 4.79 Å². The minimum atomic E-state index is -0.202. The van der Waals surface area contributed by atoms with Crippen molar-refractivity contribution in [3.63, 3.8) is 0 Å². The molecule has 1 amide bonds. The third-order valence-electron chi connectivity index (χ3n) is 2.11. The first kappa shape index (κ1) is 10.7. The third kappa shape index (κ3) is 4.60. The molecule has 3 nitrogen and oxygen atoms in total. The minimum Gasteiger partial charge on any atom is -0.370 e. The molecule has 0 aliphatic carbocycles. The van der Waals surface area contributed by atoms with Gasteiger partial charge in [-0.15, -0.1) is 0 Å². The van der Waals surface area contributed by atoms with E-state index >= 15 is 0 Å². The predicted octanol–water partition coefficient (Wildman–Crippen LogP) is 1.67. The number of pyridine rings is 1. The zero-order valence-corrected chi connectivity index (χ0v) is 8.28. The monoisotopic (exact) mass is 192 g/mol. The molecule has 1 aromatic rings. The van der Waals surface area contributed by atoms with Crippen LogP contribution in [0.5, 0.6) is 0 Å². The predicted molar refractivity (Wildman–Crippen MR) is 55.6 cm³/mol. The zero-order chi connectivity index (χ0) is 10.2. The van der Waals surface area contributed by atoms with Gasteiger partial charge in [-0.25, -0.2) is 0 Å². The van der Waals surface area contributed by atoms with E-state index in [1.165, 1.54) is 5.56 Å². The van der Waals surface area contributed by atoms with Crippen molar-refractivity contribution in [1.29, 1.82) is 0 Å². The summed E-state index contributed by atoms with van der Waals surface area (Å²) in [4.78, 5) is 14.5. The largest absolute Gasteiger partial charge is 0.370 e. The molecule has 0 bridgehead atoms. The number of carbonyl (C=O) groups is 1. The van der Waals surface area contributed by atoms with E-state index in [0.29, 0.717) is 6.42 Å². The second-order valence-corrected chi connectivity index (χ2v) is 3.39. The smallest absolute Gasteiger partial charge is 0.217 e. The van der Waals surface area contributed by atoms with Crippen LogP contribution in [0.15, 0.2) is 24.5 Å². The number of rotatable bonds is 6. The molecule has 0 saturated carbocycles. The molecule has 3 heteroatoms. The molecule has 76 valence electrons. The molecule has 0 atom stereocenters. The Hall–Kier alpha value is -1.38. The van der Waals surface area contributed by atoms with Crippen LogP contribution in [0.1, 0.15) is 31.2 Å². The van der Waals surface area contributed by atoms with Crippen molar-refractivity contribution < 1.29 is 4.79 Å². The molecule has 2 N–H and O–H groups in total. The van der Waals surface area contributed by atoms with Gasteiger partial charge in [0.1, 0.15) is 0 Å². The van der Waals surface area contributed by atoms with Crippen molar-refractivity contribution in [2.75, 3.05) is 0 Å². The molecule has 0 unspecified atom stereocenters. The van der Waals surface area contributed by atoms with Crippen LogP contribution in [0.4, 0.5) is 0 Å². The molecule has 0 aliphatic rings. The maximum absolute atomic E-state index is 10.4. The Balaban J connectivity index is 2.08. The highest BCUT2D eigenvalue weighted by Crippen LogP contribution is 2.06. The summed E-state index contributed by atoms with van der Waals surface area (Å²) in [5.74, 6) is -0.202. The van der Waals surface area contributed by atoms with Crippen LogP contribution < -0.4 is 5.73 Å². The molecule has 1 heterocycles. The van der Waals surface area contributed by atoms with Gasteiger partial charge in [0.25, 0.3) is 0 Å². The molecule has 0 spiro atoms. The topological polar surface area (TPSA) is 56.0 Å². The molecule has 0 radical (unpaired) electrons. The van der Waals surface area contributed by atoms with E-state index in [4.69, 9.17) is 5.73 Å². The fourth-order valence-electron chi connectivity index (χ4n) is 1.35. The summed E-state index contributed by atoms with van der Waals surface area (Å²) >= 11 is 0. The Labute approximate surface area is 84.3 Å². The summed E-state index contributed by atoms with van der Waals surface area (Å²) in [6.45, 7) is 0. The summed E-state index contributed by atoms with van der Waals surface area (Å²) < 4.78 is 0. The number of hydrogen-bond donors (Lipinski definition) is 1. The summed E-state index contributed by atoms with van der Waals surface area (Å²) in [5.41, 5.74) is 6.29. The van der Waals surface area contributed by atoms with E-state index in [2.05, 4.69) is 11.1 Å². The number of nitrogens with two attached hydrogens (primary N) is 1. The lowest BCUT2D eigenvalue weighted by molar-refractivity contribution is -0.118. The van der Waals surface area contributed by atoms with E-state index in [0.717, 1.165) is 25.7 Å². The molecule has 0 aromatic carbocycles. The Bertz CT molecular complexity index is 272. The average molecular weight is 192 g/mol. The average Bonchev–Trinajstić information content (AvgIpc) is 2.18. The normalized spacial score (nSPS) is 10.0. The van der Waals surface area contributed by atoms with E-state index in [1.54, 1.807) is 6.20 Å². The van der Waals surface area contributed by atoms with E-state index in [-0.39, 0.29) is 5.91 Å². The quantitative estimate of drug-likeness (QED) is 0.697. The standard InChI is InChI=1S/C11H16N2O/c12-11(14)7-3-1-2-5-10-6-4-8-13-9-10/h4,6,8-9H,1-3,5,7H2,(H2,12,14). The Morgan fingerprint density at radius 2 is 2.21 bits per heavy atom. The van der Waals surface area contributed by atoms with Gasteiger partial charge < -0.3 is 5.73 Å². The van der Waals surface area contributed by atoms with Gasteiger partial charge in [-0.05, 0) is 30.9 Å². The molecular formula is C11H16N2O. The molecule has 1 rings (SSSR count). The van der Waals surface area contributed by atoms with Crippen LogP contribution in [0, 0.1) is 0 Å². The van der Waals surface area contributed by atoms with Crippen LogP contribution in [0.25, 0.3) is 0 Å². The van der Waals surface area contributed by atoms with Crippen molar-refractivity contribution in [3.05, 3.63) is 30.1 Å². The van der Waals surface area contributed by atoms with Gasteiger partial charge in [0, 0.05) is 18.8 Å². The van der Waals surface area contributed by atoms with Crippen LogP contribution >= 0.6 is 0 Å².